The molecule has 0 unspecified atom stereocenters. The number of rotatable bonds is 8. The van der Waals surface area contributed by atoms with Crippen molar-refractivity contribution in [2.45, 2.75) is 20.0 Å². The van der Waals surface area contributed by atoms with Crippen LogP contribution in [0.2, 0.25) is 0 Å². The Labute approximate surface area is 163 Å². The third-order valence-corrected chi connectivity index (χ3v) is 4.07. The molecule has 0 bridgehead atoms. The van der Waals surface area contributed by atoms with E-state index in [0.29, 0.717) is 29.0 Å². The van der Waals surface area contributed by atoms with E-state index in [0.717, 1.165) is 17.7 Å². The zero-order valence-electron chi connectivity index (χ0n) is 16.1. The number of benzene rings is 2. The van der Waals surface area contributed by atoms with Gasteiger partial charge in [0.25, 0.3) is 0 Å². The van der Waals surface area contributed by atoms with Crippen molar-refractivity contribution < 1.29 is 14.2 Å². The number of hydrogen-bond donors (Lipinski definition) is 2. The van der Waals surface area contributed by atoms with Gasteiger partial charge < -0.3 is 25.3 Å². The summed E-state index contributed by atoms with van der Waals surface area (Å²) in [5.41, 5.74) is 7.93. The second kappa shape index (κ2) is 8.90. The molecule has 0 saturated carbocycles. The predicted molar refractivity (Wildman–Crippen MR) is 107 cm³/mol. The molecule has 0 aliphatic carbocycles. The van der Waals surface area contributed by atoms with Gasteiger partial charge in [0.1, 0.15) is 6.61 Å². The van der Waals surface area contributed by atoms with Gasteiger partial charge in [-0.05, 0) is 30.2 Å². The maximum absolute atomic E-state index is 5.86. The van der Waals surface area contributed by atoms with E-state index in [1.165, 1.54) is 0 Å². The van der Waals surface area contributed by atoms with Crippen molar-refractivity contribution in [2.24, 2.45) is 0 Å². The molecule has 0 spiro atoms. The molecule has 3 aromatic rings. The van der Waals surface area contributed by atoms with E-state index in [-0.39, 0.29) is 12.6 Å². The molecule has 2 aromatic carbocycles. The van der Waals surface area contributed by atoms with Gasteiger partial charge in [0.2, 0.25) is 17.6 Å². The third-order valence-electron chi connectivity index (χ3n) is 4.07. The molecule has 0 saturated heterocycles. The monoisotopic (exact) mass is 381 g/mol. The Bertz CT molecular complexity index is 927. The minimum Gasteiger partial charge on any atom is -0.493 e. The van der Waals surface area contributed by atoms with Crippen LogP contribution in [-0.4, -0.2) is 29.2 Å². The van der Waals surface area contributed by atoms with Crippen molar-refractivity contribution in [3.8, 4) is 17.2 Å². The summed E-state index contributed by atoms with van der Waals surface area (Å²) in [5, 5.41) is 3.20. The second-order valence-electron chi connectivity index (χ2n) is 5.85. The number of aryl methyl sites for hydroxylation is 1. The summed E-state index contributed by atoms with van der Waals surface area (Å²) in [6.45, 7) is 2.16. The van der Waals surface area contributed by atoms with E-state index in [4.69, 9.17) is 19.9 Å². The number of nitrogen functional groups attached to an aromatic ring is 1. The fourth-order valence-corrected chi connectivity index (χ4v) is 2.73. The molecular formula is C20H23N5O3. The Hall–Kier alpha value is -3.55. The van der Waals surface area contributed by atoms with Crippen LogP contribution in [0.1, 0.15) is 18.3 Å². The molecule has 0 atom stereocenters. The van der Waals surface area contributed by atoms with Gasteiger partial charge >= 0.3 is 0 Å². The molecule has 146 valence electrons. The molecule has 8 nitrogen and oxygen atoms in total. The average Bonchev–Trinajstić information content (AvgIpc) is 2.72. The standard InChI is InChI=1S/C20H23N5O3/c1-4-13-8-5-6-9-14(13)22-20-24-17(23-19(21)25-20)12-28-18-15(26-2)10-7-11-16(18)27-3/h5-11H,4,12H2,1-3H3,(H3,21,22,23,24,25). The van der Waals surface area contributed by atoms with E-state index in [9.17, 15) is 0 Å². The molecule has 8 heteroatoms. The van der Waals surface area contributed by atoms with Gasteiger partial charge in [0.05, 0.1) is 14.2 Å². The van der Waals surface area contributed by atoms with Gasteiger partial charge in [-0.25, -0.2) is 0 Å². The summed E-state index contributed by atoms with van der Waals surface area (Å²) in [7, 11) is 3.13. The van der Waals surface area contributed by atoms with Gasteiger partial charge in [0.15, 0.2) is 17.3 Å². The van der Waals surface area contributed by atoms with Crippen LogP contribution in [0.4, 0.5) is 17.6 Å². The van der Waals surface area contributed by atoms with Crippen molar-refractivity contribution in [1.29, 1.82) is 0 Å². The highest BCUT2D eigenvalue weighted by molar-refractivity contribution is 5.59. The lowest BCUT2D eigenvalue weighted by atomic mass is 10.1. The summed E-state index contributed by atoms with van der Waals surface area (Å²) in [5.74, 6) is 2.43. The molecular weight excluding hydrogens is 358 g/mol. The first-order valence-electron chi connectivity index (χ1n) is 8.83. The Morgan fingerprint density at radius 3 is 2.32 bits per heavy atom. The van der Waals surface area contributed by atoms with Crippen LogP contribution in [-0.2, 0) is 13.0 Å². The number of hydrogen-bond acceptors (Lipinski definition) is 8. The van der Waals surface area contributed by atoms with Crippen molar-refractivity contribution >= 4 is 17.6 Å². The number of methoxy groups -OCH3 is 2. The molecule has 28 heavy (non-hydrogen) atoms. The van der Waals surface area contributed by atoms with Gasteiger partial charge in [-0.15, -0.1) is 0 Å². The molecule has 0 fully saturated rings. The fraction of sp³-hybridized carbons (Fsp3) is 0.250. The lowest BCUT2D eigenvalue weighted by Gasteiger charge is -2.14. The van der Waals surface area contributed by atoms with E-state index in [1.54, 1.807) is 26.4 Å². The first-order valence-corrected chi connectivity index (χ1v) is 8.83. The smallest absolute Gasteiger partial charge is 0.232 e. The highest BCUT2D eigenvalue weighted by atomic mass is 16.5. The highest BCUT2D eigenvalue weighted by Gasteiger charge is 2.13. The van der Waals surface area contributed by atoms with E-state index in [1.807, 2.05) is 30.3 Å². The normalized spacial score (nSPS) is 10.4. The Morgan fingerprint density at radius 2 is 1.64 bits per heavy atom. The van der Waals surface area contributed by atoms with Crippen LogP contribution in [0.3, 0.4) is 0 Å². The maximum atomic E-state index is 5.86. The van der Waals surface area contributed by atoms with Gasteiger partial charge in [-0.1, -0.05) is 31.2 Å². The van der Waals surface area contributed by atoms with Gasteiger partial charge in [0, 0.05) is 5.69 Å². The van der Waals surface area contributed by atoms with Crippen molar-refractivity contribution in [3.63, 3.8) is 0 Å². The van der Waals surface area contributed by atoms with E-state index >= 15 is 0 Å². The average molecular weight is 381 g/mol. The number of nitrogens with two attached hydrogens (primary N) is 1. The van der Waals surface area contributed by atoms with Crippen LogP contribution in [0.5, 0.6) is 17.2 Å². The minimum atomic E-state index is 0.0769. The summed E-state index contributed by atoms with van der Waals surface area (Å²) < 4.78 is 16.5. The summed E-state index contributed by atoms with van der Waals surface area (Å²) in [6.07, 6.45) is 0.882. The predicted octanol–water partition coefficient (Wildman–Crippen LogP) is 3.36. The summed E-state index contributed by atoms with van der Waals surface area (Å²) in [6, 6.07) is 13.3. The van der Waals surface area contributed by atoms with Crippen LogP contribution < -0.4 is 25.3 Å². The fourth-order valence-electron chi connectivity index (χ4n) is 2.73. The Kier molecular flexibility index (Phi) is 6.11. The van der Waals surface area contributed by atoms with Crippen LogP contribution in [0, 0.1) is 0 Å². The molecule has 1 aromatic heterocycles. The molecule has 0 aliphatic rings. The van der Waals surface area contributed by atoms with Crippen molar-refractivity contribution in [3.05, 3.63) is 53.9 Å². The van der Waals surface area contributed by atoms with Crippen LogP contribution in [0.25, 0.3) is 0 Å². The van der Waals surface area contributed by atoms with Gasteiger partial charge in [-0.2, -0.15) is 15.0 Å². The van der Waals surface area contributed by atoms with Gasteiger partial charge in [-0.3, -0.25) is 0 Å². The largest absolute Gasteiger partial charge is 0.493 e. The topological polar surface area (TPSA) is 104 Å². The molecule has 0 radical (unpaired) electrons. The molecule has 3 rings (SSSR count). The molecule has 3 N–H and O–H groups in total. The van der Waals surface area contributed by atoms with E-state index in [2.05, 4.69) is 27.2 Å². The van der Waals surface area contributed by atoms with E-state index < -0.39 is 0 Å². The number of ether oxygens (including phenoxy) is 3. The number of anilines is 3. The molecule has 0 amide bonds. The quantitative estimate of drug-likeness (QED) is 0.612. The zero-order chi connectivity index (χ0) is 19.9. The zero-order valence-corrected chi connectivity index (χ0v) is 16.1. The molecule has 1 heterocycles. The number of nitrogens with one attached hydrogen (secondary N) is 1. The minimum absolute atomic E-state index is 0.0769. The number of nitrogens with zero attached hydrogens (tertiary/aromatic N) is 3. The first-order chi connectivity index (χ1) is 13.6. The highest BCUT2D eigenvalue weighted by Crippen LogP contribution is 2.37. The van der Waals surface area contributed by atoms with Crippen molar-refractivity contribution in [1.82, 2.24) is 15.0 Å². The number of aromatic nitrogens is 3. The van der Waals surface area contributed by atoms with Crippen molar-refractivity contribution in [2.75, 3.05) is 25.3 Å². The maximum Gasteiger partial charge on any atom is 0.232 e. The Balaban J connectivity index is 1.81. The third kappa shape index (κ3) is 4.40. The summed E-state index contributed by atoms with van der Waals surface area (Å²) >= 11 is 0. The summed E-state index contributed by atoms with van der Waals surface area (Å²) in [4.78, 5) is 12.7. The molecule has 0 aliphatic heterocycles. The van der Waals surface area contributed by atoms with Crippen LogP contribution in [0.15, 0.2) is 42.5 Å². The Morgan fingerprint density at radius 1 is 0.929 bits per heavy atom. The van der Waals surface area contributed by atoms with Crippen LogP contribution >= 0.6 is 0 Å². The lowest BCUT2D eigenvalue weighted by molar-refractivity contribution is 0.259. The number of para-hydroxylation sites is 2. The first kappa shape index (κ1) is 19.2. The SMILES string of the molecule is CCc1ccccc1Nc1nc(N)nc(COc2c(OC)cccc2OC)n1. The lowest BCUT2D eigenvalue weighted by Crippen LogP contribution is -2.10. The second-order valence-corrected chi connectivity index (χ2v) is 5.85.